The van der Waals surface area contributed by atoms with Crippen LogP contribution in [-0.4, -0.2) is 23.5 Å². The van der Waals surface area contributed by atoms with Crippen LogP contribution in [0.2, 0.25) is 0 Å². The van der Waals surface area contributed by atoms with Gasteiger partial charge in [-0.15, -0.1) is 0 Å². The second kappa shape index (κ2) is 9.50. The van der Waals surface area contributed by atoms with Gasteiger partial charge in [0, 0.05) is 5.69 Å². The zero-order chi connectivity index (χ0) is 20.6. The quantitative estimate of drug-likeness (QED) is 0.567. The van der Waals surface area contributed by atoms with E-state index in [9.17, 15) is 9.59 Å². The number of pyridine rings is 1. The Bertz CT molecular complexity index is 983. The van der Waals surface area contributed by atoms with Crippen LogP contribution in [0.1, 0.15) is 40.3 Å². The summed E-state index contributed by atoms with van der Waals surface area (Å²) in [5.41, 5.74) is 3.94. The van der Waals surface area contributed by atoms with Gasteiger partial charge in [0.2, 0.25) is 0 Å². The van der Waals surface area contributed by atoms with E-state index in [4.69, 9.17) is 4.74 Å². The highest BCUT2D eigenvalue weighted by atomic mass is 16.5. The van der Waals surface area contributed by atoms with Crippen LogP contribution in [0.25, 0.3) is 0 Å². The van der Waals surface area contributed by atoms with Gasteiger partial charge in [0.1, 0.15) is 5.69 Å². The summed E-state index contributed by atoms with van der Waals surface area (Å²) < 4.78 is 5.08. The Morgan fingerprint density at radius 1 is 0.931 bits per heavy atom. The van der Waals surface area contributed by atoms with Crippen LogP contribution in [-0.2, 0) is 11.2 Å². The number of para-hydroxylation sites is 1. The van der Waals surface area contributed by atoms with Crippen molar-refractivity contribution in [2.24, 2.45) is 0 Å². The fourth-order valence-corrected chi connectivity index (χ4v) is 2.76. The van der Waals surface area contributed by atoms with Crippen molar-refractivity contribution in [3.8, 4) is 0 Å². The summed E-state index contributed by atoms with van der Waals surface area (Å²) in [4.78, 5) is 28.7. The molecule has 2 aromatic carbocycles. The fraction of sp³-hybridized carbons (Fsp3) is 0.174. The Morgan fingerprint density at radius 3 is 2.31 bits per heavy atom. The molecule has 0 aliphatic carbocycles. The Balaban J connectivity index is 1.69. The van der Waals surface area contributed by atoms with Crippen LogP contribution in [0.3, 0.4) is 0 Å². The number of hydrogen-bond donors (Lipinski definition) is 2. The molecule has 1 amide bonds. The fourth-order valence-electron chi connectivity index (χ4n) is 2.76. The summed E-state index contributed by atoms with van der Waals surface area (Å²) in [6.45, 7) is 4.15. The second-order valence-electron chi connectivity index (χ2n) is 6.33. The van der Waals surface area contributed by atoms with Gasteiger partial charge in [-0.05, 0) is 55.3 Å². The summed E-state index contributed by atoms with van der Waals surface area (Å²) >= 11 is 0. The Hall–Kier alpha value is -3.67. The summed E-state index contributed by atoms with van der Waals surface area (Å²) in [5.74, 6) is -0.679. The number of nitrogens with zero attached hydrogens (tertiary/aromatic N) is 1. The molecule has 3 aromatic rings. The van der Waals surface area contributed by atoms with Crippen molar-refractivity contribution in [3.05, 3.63) is 83.7 Å². The number of nitrogens with one attached hydrogen (secondary N) is 2. The lowest BCUT2D eigenvalue weighted by atomic mass is 10.1. The third-order valence-corrected chi connectivity index (χ3v) is 4.32. The SMILES string of the molecule is CCOC(=O)c1ccccc1Nc1ccc(C(=O)Nc2ccc(CC)cc2)nc1. The Morgan fingerprint density at radius 2 is 1.66 bits per heavy atom. The first-order chi connectivity index (χ1) is 14.1. The predicted molar refractivity (Wildman–Crippen MR) is 114 cm³/mol. The van der Waals surface area contributed by atoms with Gasteiger partial charge in [-0.3, -0.25) is 4.79 Å². The monoisotopic (exact) mass is 389 g/mol. The maximum Gasteiger partial charge on any atom is 0.340 e. The number of ether oxygens (including phenoxy) is 1. The largest absolute Gasteiger partial charge is 0.462 e. The molecule has 0 aliphatic rings. The Labute approximate surface area is 169 Å². The molecule has 0 spiro atoms. The first kappa shape index (κ1) is 20.1. The van der Waals surface area contributed by atoms with Crippen molar-refractivity contribution in [2.45, 2.75) is 20.3 Å². The van der Waals surface area contributed by atoms with Crippen LogP contribution in [0.15, 0.2) is 66.9 Å². The summed E-state index contributed by atoms with van der Waals surface area (Å²) in [5, 5.41) is 5.98. The van der Waals surface area contributed by atoms with Gasteiger partial charge in [-0.2, -0.15) is 0 Å². The van der Waals surface area contributed by atoms with Gasteiger partial charge in [0.05, 0.1) is 29.7 Å². The molecule has 0 radical (unpaired) electrons. The van der Waals surface area contributed by atoms with E-state index in [1.807, 2.05) is 30.3 Å². The predicted octanol–water partition coefficient (Wildman–Crippen LogP) is 4.82. The van der Waals surface area contributed by atoms with Gasteiger partial charge < -0.3 is 15.4 Å². The molecule has 0 unspecified atom stereocenters. The highest BCUT2D eigenvalue weighted by Gasteiger charge is 2.13. The van der Waals surface area contributed by atoms with Crippen LogP contribution in [0.4, 0.5) is 17.1 Å². The van der Waals surface area contributed by atoms with Crippen molar-refractivity contribution in [3.63, 3.8) is 0 Å². The maximum atomic E-state index is 12.4. The standard InChI is InChI=1S/C23H23N3O3/c1-3-16-9-11-17(12-10-16)26-22(27)21-14-13-18(15-24-21)25-20-8-6-5-7-19(20)23(28)29-4-2/h5-15,25H,3-4H2,1-2H3,(H,26,27). The number of hydrogen-bond acceptors (Lipinski definition) is 5. The summed E-state index contributed by atoms with van der Waals surface area (Å²) in [6, 6.07) is 18.2. The molecule has 0 aliphatic heterocycles. The number of carbonyl (C=O) groups is 2. The molecule has 0 fully saturated rings. The van der Waals surface area contributed by atoms with E-state index in [1.54, 1.807) is 43.5 Å². The molecular formula is C23H23N3O3. The van der Waals surface area contributed by atoms with E-state index in [0.29, 0.717) is 29.2 Å². The first-order valence-corrected chi connectivity index (χ1v) is 9.50. The third-order valence-electron chi connectivity index (χ3n) is 4.32. The van der Waals surface area contributed by atoms with Crippen molar-refractivity contribution >= 4 is 28.9 Å². The third kappa shape index (κ3) is 5.19. The molecule has 1 heterocycles. The lowest BCUT2D eigenvalue weighted by molar-refractivity contribution is 0.0527. The Kier molecular flexibility index (Phi) is 6.58. The number of carbonyl (C=O) groups excluding carboxylic acids is 2. The van der Waals surface area contributed by atoms with Crippen molar-refractivity contribution in [1.82, 2.24) is 4.98 Å². The average molecular weight is 389 g/mol. The van der Waals surface area contributed by atoms with Gasteiger partial charge in [-0.25, -0.2) is 9.78 Å². The highest BCUT2D eigenvalue weighted by Crippen LogP contribution is 2.21. The van der Waals surface area contributed by atoms with Gasteiger partial charge in [-0.1, -0.05) is 31.2 Å². The van der Waals surface area contributed by atoms with Crippen LogP contribution < -0.4 is 10.6 Å². The number of aryl methyl sites for hydroxylation is 1. The molecular weight excluding hydrogens is 366 g/mol. The number of esters is 1. The summed E-state index contributed by atoms with van der Waals surface area (Å²) in [6.07, 6.45) is 2.50. The molecule has 2 N–H and O–H groups in total. The van der Waals surface area contributed by atoms with E-state index in [0.717, 1.165) is 12.1 Å². The number of amides is 1. The van der Waals surface area contributed by atoms with Crippen LogP contribution in [0, 0.1) is 0 Å². The molecule has 0 atom stereocenters. The van der Waals surface area contributed by atoms with E-state index >= 15 is 0 Å². The minimum absolute atomic E-state index is 0.285. The normalized spacial score (nSPS) is 10.3. The zero-order valence-electron chi connectivity index (χ0n) is 16.4. The molecule has 1 aromatic heterocycles. The van der Waals surface area contributed by atoms with Crippen LogP contribution in [0.5, 0.6) is 0 Å². The minimum atomic E-state index is -0.395. The number of aromatic nitrogens is 1. The zero-order valence-corrected chi connectivity index (χ0v) is 16.4. The van der Waals surface area contributed by atoms with Crippen molar-refractivity contribution in [1.29, 1.82) is 0 Å². The lowest BCUT2D eigenvalue weighted by Crippen LogP contribution is -2.13. The molecule has 0 saturated heterocycles. The van der Waals surface area contributed by atoms with Crippen molar-refractivity contribution in [2.75, 3.05) is 17.2 Å². The molecule has 0 bridgehead atoms. The molecule has 6 nitrogen and oxygen atoms in total. The molecule has 148 valence electrons. The molecule has 6 heteroatoms. The molecule has 29 heavy (non-hydrogen) atoms. The highest BCUT2D eigenvalue weighted by molar-refractivity contribution is 6.03. The maximum absolute atomic E-state index is 12.4. The van der Waals surface area contributed by atoms with E-state index < -0.39 is 5.97 Å². The van der Waals surface area contributed by atoms with Crippen LogP contribution >= 0.6 is 0 Å². The summed E-state index contributed by atoms with van der Waals surface area (Å²) in [7, 11) is 0. The van der Waals surface area contributed by atoms with Crippen molar-refractivity contribution < 1.29 is 14.3 Å². The van der Waals surface area contributed by atoms with E-state index in [-0.39, 0.29) is 5.91 Å². The molecule has 3 rings (SSSR count). The number of rotatable bonds is 7. The van der Waals surface area contributed by atoms with Gasteiger partial charge >= 0.3 is 5.97 Å². The smallest absolute Gasteiger partial charge is 0.340 e. The second-order valence-corrected chi connectivity index (χ2v) is 6.33. The molecule has 0 saturated carbocycles. The lowest BCUT2D eigenvalue weighted by Gasteiger charge is -2.11. The van der Waals surface area contributed by atoms with Gasteiger partial charge in [0.25, 0.3) is 5.91 Å². The first-order valence-electron chi connectivity index (χ1n) is 9.50. The minimum Gasteiger partial charge on any atom is -0.462 e. The average Bonchev–Trinajstić information content (AvgIpc) is 2.75. The van der Waals surface area contributed by atoms with E-state index in [1.165, 1.54) is 5.56 Å². The number of anilines is 3. The number of benzene rings is 2. The van der Waals surface area contributed by atoms with E-state index in [2.05, 4.69) is 22.5 Å². The topological polar surface area (TPSA) is 80.3 Å². The van der Waals surface area contributed by atoms with Gasteiger partial charge in [0.15, 0.2) is 0 Å².